The van der Waals surface area contributed by atoms with Crippen molar-refractivity contribution in [2.45, 2.75) is 0 Å². The molecule has 0 aliphatic carbocycles. The first-order valence-corrected chi connectivity index (χ1v) is 7.66. The standard InChI is InChI=1S/C20H18O5/c1-22-12-17(20(21)24-3)16-9-5-7-14-11-18(25-19(14)16)13-6-4-8-15(10-13)23-2/h4-12H,1-3H3/b17-12+. The number of ether oxygens (including phenoxy) is 3. The second-order valence-corrected chi connectivity index (χ2v) is 5.33. The Kier molecular flexibility index (Phi) is 4.75. The Morgan fingerprint density at radius 3 is 2.56 bits per heavy atom. The van der Waals surface area contributed by atoms with Crippen LogP contribution in [0.15, 0.2) is 59.2 Å². The number of para-hydroxylation sites is 1. The van der Waals surface area contributed by atoms with Crippen molar-refractivity contribution in [1.82, 2.24) is 0 Å². The van der Waals surface area contributed by atoms with E-state index >= 15 is 0 Å². The summed E-state index contributed by atoms with van der Waals surface area (Å²) < 4.78 is 21.2. The monoisotopic (exact) mass is 338 g/mol. The molecule has 0 atom stereocenters. The summed E-state index contributed by atoms with van der Waals surface area (Å²) in [5.41, 5.74) is 2.38. The molecule has 0 radical (unpaired) electrons. The van der Waals surface area contributed by atoms with Crippen LogP contribution in [-0.4, -0.2) is 27.3 Å². The first kappa shape index (κ1) is 16.6. The van der Waals surface area contributed by atoms with Crippen molar-refractivity contribution in [3.8, 4) is 17.1 Å². The smallest absolute Gasteiger partial charge is 0.341 e. The third-order valence-corrected chi connectivity index (χ3v) is 3.83. The summed E-state index contributed by atoms with van der Waals surface area (Å²) in [5.74, 6) is 0.935. The van der Waals surface area contributed by atoms with Gasteiger partial charge in [0.2, 0.25) is 0 Å². The van der Waals surface area contributed by atoms with Crippen LogP contribution < -0.4 is 4.74 Å². The van der Waals surface area contributed by atoms with Gasteiger partial charge >= 0.3 is 5.97 Å². The van der Waals surface area contributed by atoms with Gasteiger partial charge in [0, 0.05) is 16.5 Å². The van der Waals surface area contributed by atoms with Crippen molar-refractivity contribution >= 4 is 22.5 Å². The lowest BCUT2D eigenvalue weighted by Crippen LogP contribution is -2.04. The minimum Gasteiger partial charge on any atom is -0.503 e. The van der Waals surface area contributed by atoms with E-state index < -0.39 is 5.97 Å². The predicted octanol–water partition coefficient (Wildman–Crippen LogP) is 4.27. The molecule has 0 amide bonds. The fourth-order valence-electron chi connectivity index (χ4n) is 2.64. The zero-order valence-corrected chi connectivity index (χ0v) is 14.2. The van der Waals surface area contributed by atoms with Gasteiger partial charge in [-0.2, -0.15) is 0 Å². The average Bonchev–Trinajstić information content (AvgIpc) is 3.10. The molecule has 25 heavy (non-hydrogen) atoms. The highest BCUT2D eigenvalue weighted by Gasteiger charge is 2.19. The number of furan rings is 1. The molecule has 0 saturated carbocycles. The minimum atomic E-state index is -0.492. The highest BCUT2D eigenvalue weighted by atomic mass is 16.5. The summed E-state index contributed by atoms with van der Waals surface area (Å²) in [4.78, 5) is 12.1. The molecule has 0 aliphatic rings. The molecule has 0 N–H and O–H groups in total. The Morgan fingerprint density at radius 2 is 1.84 bits per heavy atom. The van der Waals surface area contributed by atoms with Crippen molar-refractivity contribution in [2.24, 2.45) is 0 Å². The zero-order chi connectivity index (χ0) is 17.8. The maximum Gasteiger partial charge on any atom is 0.341 e. The van der Waals surface area contributed by atoms with Crippen molar-refractivity contribution in [3.63, 3.8) is 0 Å². The van der Waals surface area contributed by atoms with Crippen molar-refractivity contribution in [1.29, 1.82) is 0 Å². The lowest BCUT2D eigenvalue weighted by molar-refractivity contribution is -0.133. The summed E-state index contributed by atoms with van der Waals surface area (Å²) in [6.07, 6.45) is 1.36. The first-order chi connectivity index (χ1) is 12.2. The molecule has 0 fully saturated rings. The second kappa shape index (κ2) is 7.13. The molecular weight excluding hydrogens is 320 g/mol. The maximum absolute atomic E-state index is 12.1. The van der Waals surface area contributed by atoms with Crippen LogP contribution in [0, 0.1) is 0 Å². The Labute approximate surface area is 145 Å². The van der Waals surface area contributed by atoms with E-state index in [1.807, 2.05) is 42.5 Å². The predicted molar refractivity (Wildman–Crippen MR) is 95.2 cm³/mol. The number of rotatable bonds is 5. The van der Waals surface area contributed by atoms with Crippen LogP contribution in [0.2, 0.25) is 0 Å². The van der Waals surface area contributed by atoms with Gasteiger partial charge in [0.15, 0.2) is 0 Å². The summed E-state index contributed by atoms with van der Waals surface area (Å²) in [6.45, 7) is 0. The summed E-state index contributed by atoms with van der Waals surface area (Å²) in [6, 6.07) is 15.1. The van der Waals surface area contributed by atoms with E-state index in [1.54, 1.807) is 13.2 Å². The van der Waals surface area contributed by atoms with Gasteiger partial charge in [0.25, 0.3) is 0 Å². The molecule has 5 heteroatoms. The van der Waals surface area contributed by atoms with E-state index in [-0.39, 0.29) is 0 Å². The molecule has 1 heterocycles. The second-order valence-electron chi connectivity index (χ2n) is 5.33. The highest BCUT2D eigenvalue weighted by molar-refractivity contribution is 6.19. The normalized spacial score (nSPS) is 11.4. The van der Waals surface area contributed by atoms with Crippen LogP contribution in [0.3, 0.4) is 0 Å². The fraction of sp³-hybridized carbons (Fsp3) is 0.150. The quantitative estimate of drug-likeness (QED) is 0.395. The molecule has 2 aromatic carbocycles. The van der Waals surface area contributed by atoms with Gasteiger partial charge in [0.1, 0.15) is 22.7 Å². The van der Waals surface area contributed by atoms with Crippen molar-refractivity contribution < 1.29 is 23.4 Å². The van der Waals surface area contributed by atoms with E-state index in [0.717, 1.165) is 16.7 Å². The van der Waals surface area contributed by atoms with Gasteiger partial charge < -0.3 is 18.6 Å². The molecular formula is C20H18O5. The number of esters is 1. The molecule has 0 unspecified atom stereocenters. The van der Waals surface area contributed by atoms with E-state index in [0.29, 0.717) is 22.5 Å². The van der Waals surface area contributed by atoms with Crippen LogP contribution in [0.5, 0.6) is 5.75 Å². The Bertz CT molecular complexity index is 936. The zero-order valence-electron chi connectivity index (χ0n) is 14.2. The number of carbonyl (C=O) groups excluding carboxylic acids is 1. The molecule has 128 valence electrons. The van der Waals surface area contributed by atoms with Gasteiger partial charge in [0.05, 0.1) is 27.6 Å². The Hall–Kier alpha value is -3.21. The molecule has 0 aliphatic heterocycles. The van der Waals surface area contributed by atoms with Crippen LogP contribution in [0.25, 0.3) is 27.9 Å². The number of methoxy groups -OCH3 is 3. The highest BCUT2D eigenvalue weighted by Crippen LogP contribution is 2.34. The Morgan fingerprint density at radius 1 is 1.04 bits per heavy atom. The molecule has 0 saturated heterocycles. The summed E-state index contributed by atoms with van der Waals surface area (Å²) in [5, 5.41) is 0.876. The third-order valence-electron chi connectivity index (χ3n) is 3.83. The number of benzene rings is 2. The SMILES string of the molecule is CO/C=C(/C(=O)OC)c1cccc2cc(-c3cccc(OC)c3)oc12. The van der Waals surface area contributed by atoms with Gasteiger partial charge in [-0.05, 0) is 18.2 Å². The molecule has 0 spiro atoms. The molecule has 3 rings (SSSR count). The molecule has 5 nitrogen and oxygen atoms in total. The minimum absolute atomic E-state index is 0.294. The number of fused-ring (bicyclic) bond motifs is 1. The lowest BCUT2D eigenvalue weighted by Gasteiger charge is -2.06. The van der Waals surface area contributed by atoms with Crippen LogP contribution in [0.4, 0.5) is 0 Å². The third kappa shape index (κ3) is 3.21. The largest absolute Gasteiger partial charge is 0.503 e. The van der Waals surface area contributed by atoms with Crippen LogP contribution >= 0.6 is 0 Å². The Balaban J connectivity index is 2.15. The fourth-order valence-corrected chi connectivity index (χ4v) is 2.64. The van der Waals surface area contributed by atoms with E-state index in [2.05, 4.69) is 0 Å². The van der Waals surface area contributed by atoms with Crippen molar-refractivity contribution in [2.75, 3.05) is 21.3 Å². The van der Waals surface area contributed by atoms with Crippen LogP contribution in [-0.2, 0) is 14.3 Å². The van der Waals surface area contributed by atoms with E-state index in [9.17, 15) is 4.79 Å². The molecule has 0 bridgehead atoms. The van der Waals surface area contributed by atoms with Crippen molar-refractivity contribution in [3.05, 3.63) is 60.4 Å². The van der Waals surface area contributed by atoms with Gasteiger partial charge in [-0.25, -0.2) is 4.79 Å². The maximum atomic E-state index is 12.1. The number of hydrogen-bond acceptors (Lipinski definition) is 5. The number of hydrogen-bond donors (Lipinski definition) is 0. The number of carbonyl (C=O) groups is 1. The van der Waals surface area contributed by atoms with Crippen LogP contribution in [0.1, 0.15) is 5.56 Å². The van der Waals surface area contributed by atoms with E-state index in [4.69, 9.17) is 18.6 Å². The summed E-state index contributed by atoms with van der Waals surface area (Å²) >= 11 is 0. The van der Waals surface area contributed by atoms with Gasteiger partial charge in [-0.1, -0.05) is 30.3 Å². The van der Waals surface area contributed by atoms with Gasteiger partial charge in [-0.15, -0.1) is 0 Å². The molecule has 1 aromatic heterocycles. The average molecular weight is 338 g/mol. The molecule has 3 aromatic rings. The summed E-state index contributed by atoms with van der Waals surface area (Å²) in [7, 11) is 4.43. The first-order valence-electron chi connectivity index (χ1n) is 7.66. The topological polar surface area (TPSA) is 57.9 Å². The van der Waals surface area contributed by atoms with E-state index in [1.165, 1.54) is 20.5 Å². The van der Waals surface area contributed by atoms with Gasteiger partial charge in [-0.3, -0.25) is 0 Å². The lowest BCUT2D eigenvalue weighted by atomic mass is 10.0.